The van der Waals surface area contributed by atoms with Crippen molar-refractivity contribution in [1.82, 2.24) is 51.3 Å². The molecule has 73 heavy (non-hydrogen) atoms. The minimum atomic E-state index is -0.104. The van der Waals surface area contributed by atoms with Crippen LogP contribution in [-0.2, 0) is 57.3 Å². The van der Waals surface area contributed by atoms with Gasteiger partial charge in [-0.3, -0.25) is 19.1 Å². The molecule has 0 spiro atoms. The van der Waals surface area contributed by atoms with E-state index in [9.17, 15) is 14.4 Å². The average Bonchev–Trinajstić information content (AvgIpc) is 4.19. The average molecular weight is 1040 g/mol. The van der Waals surface area contributed by atoms with Gasteiger partial charge in [-0.25, -0.2) is 4.68 Å². The molecule has 5 heterocycles. The van der Waals surface area contributed by atoms with Crippen LogP contribution in [-0.4, -0.2) is 130 Å². The molecule has 4 N–H and O–H groups in total. The maximum atomic E-state index is 12.2. The molecule has 2 aromatic rings. The zero-order valence-corrected chi connectivity index (χ0v) is 46.9. The van der Waals surface area contributed by atoms with E-state index in [0.29, 0.717) is 120 Å². The predicted molar refractivity (Wildman–Crippen MR) is 291 cm³/mol. The summed E-state index contributed by atoms with van der Waals surface area (Å²) in [5.74, 6) is 3.18. The van der Waals surface area contributed by atoms with Gasteiger partial charge in [-0.05, 0) is 70.6 Å². The highest BCUT2D eigenvalue weighted by atomic mass is 32.2. The number of hydrogen-bond acceptors (Lipinski definition) is 15. The number of Topliss-reactive ketones (excluding diaryl/α,β-unsaturated/α-hetero) is 1. The van der Waals surface area contributed by atoms with Crippen molar-refractivity contribution < 1.29 is 33.3 Å². The van der Waals surface area contributed by atoms with Crippen molar-refractivity contribution in [2.24, 2.45) is 5.92 Å². The molecule has 0 saturated carbocycles. The Hall–Kier alpha value is -4.00. The van der Waals surface area contributed by atoms with Crippen LogP contribution < -0.4 is 21.3 Å². The van der Waals surface area contributed by atoms with Crippen LogP contribution in [0.25, 0.3) is 0 Å². The highest BCUT2D eigenvalue weighted by Crippen LogP contribution is 2.34. The Morgan fingerprint density at radius 2 is 1.25 bits per heavy atom. The molecule has 0 bridgehead atoms. The van der Waals surface area contributed by atoms with E-state index in [0.717, 1.165) is 112 Å². The number of unbranched alkanes of at least 4 members (excludes halogenated alkanes) is 8. The Bertz CT molecular complexity index is 1910. The molecule has 0 aromatic carbocycles. The van der Waals surface area contributed by atoms with Gasteiger partial charge in [-0.15, -0.1) is 10.2 Å². The van der Waals surface area contributed by atoms with Gasteiger partial charge in [0, 0.05) is 84.7 Å². The van der Waals surface area contributed by atoms with E-state index >= 15 is 0 Å². The third kappa shape index (κ3) is 25.9. The fraction of sp³-hybridized carbons (Fsp3) is 0.800. The Morgan fingerprint density at radius 3 is 1.90 bits per heavy atom. The van der Waals surface area contributed by atoms with Crippen molar-refractivity contribution in [3.05, 3.63) is 48.5 Å². The van der Waals surface area contributed by atoms with Crippen molar-refractivity contribution in [3.8, 4) is 0 Å². The van der Waals surface area contributed by atoms with Crippen molar-refractivity contribution in [2.75, 3.05) is 58.5 Å². The van der Waals surface area contributed by atoms with E-state index in [1.165, 1.54) is 19.3 Å². The molecule has 3 fully saturated rings. The summed E-state index contributed by atoms with van der Waals surface area (Å²) in [6.07, 6.45) is 21.8. The van der Waals surface area contributed by atoms with Gasteiger partial charge in [0.15, 0.2) is 0 Å². The van der Waals surface area contributed by atoms with Gasteiger partial charge in [0.05, 0.1) is 82.1 Å². The summed E-state index contributed by atoms with van der Waals surface area (Å²) in [6.45, 7) is 28.6. The molecule has 5 atom stereocenters. The molecule has 1 amide bonds. The van der Waals surface area contributed by atoms with E-state index in [1.807, 2.05) is 28.8 Å². The smallest absolute Gasteiger partial charge is 0.305 e. The van der Waals surface area contributed by atoms with E-state index in [4.69, 9.17) is 18.9 Å². The first kappa shape index (κ1) is 61.5. The van der Waals surface area contributed by atoms with Crippen LogP contribution in [0, 0.1) is 5.92 Å². The number of carbonyl (C=O) groups excluding carboxylic acids is 3. The first-order chi connectivity index (χ1) is 35.0. The lowest BCUT2D eigenvalue weighted by atomic mass is 9.93. The molecule has 3 saturated heterocycles. The summed E-state index contributed by atoms with van der Waals surface area (Å²) in [4.78, 5) is 36.1. The summed E-state index contributed by atoms with van der Waals surface area (Å²) < 4.78 is 25.7. The second-order valence-electron chi connectivity index (χ2n) is 22.3. The van der Waals surface area contributed by atoms with Crippen LogP contribution >= 0.6 is 11.8 Å². The molecule has 414 valence electrons. The number of amides is 1. The van der Waals surface area contributed by atoms with Crippen LogP contribution in [0.15, 0.2) is 37.1 Å². The van der Waals surface area contributed by atoms with E-state index < -0.39 is 0 Å². The number of ether oxygens (including phenoxy) is 4. The van der Waals surface area contributed by atoms with Crippen molar-refractivity contribution in [1.29, 1.82) is 0 Å². The van der Waals surface area contributed by atoms with Gasteiger partial charge in [-0.1, -0.05) is 104 Å². The highest BCUT2D eigenvalue weighted by molar-refractivity contribution is 8.00. The lowest BCUT2D eigenvalue weighted by Crippen LogP contribution is -2.36. The molecule has 2 aromatic heterocycles. The normalized spacial score (nSPS) is 19.5. The fourth-order valence-electron chi connectivity index (χ4n) is 9.06. The molecular weight excluding hydrogens is 945 g/mol. The number of hydrogen-bond donors (Lipinski definition) is 4. The van der Waals surface area contributed by atoms with Crippen molar-refractivity contribution in [2.45, 2.75) is 218 Å². The van der Waals surface area contributed by atoms with Crippen molar-refractivity contribution in [3.63, 3.8) is 0 Å². The molecule has 5 rings (SSSR count). The molecule has 0 unspecified atom stereocenters. The Balaban J connectivity index is 0.000000318. The predicted octanol–water partition coefficient (Wildman–Crippen LogP) is 8.48. The molecular formula is C55H96N10O7S. The Kier molecular flexibility index (Phi) is 28.5. The second kappa shape index (κ2) is 33.8. The third-order valence-corrected chi connectivity index (χ3v) is 15.1. The van der Waals surface area contributed by atoms with Crippen LogP contribution in [0.5, 0.6) is 0 Å². The molecule has 3 aliphatic rings. The monoisotopic (exact) mass is 1040 g/mol. The molecule has 0 radical (unpaired) electrons. The number of allylic oxidation sites excluding steroid dienone is 1. The summed E-state index contributed by atoms with van der Waals surface area (Å²) in [7, 11) is 0. The number of rotatable bonds is 36. The Labute approximate surface area is 443 Å². The van der Waals surface area contributed by atoms with Crippen LogP contribution in [0.4, 0.5) is 0 Å². The number of carbonyl (C=O) groups is 3. The maximum Gasteiger partial charge on any atom is 0.305 e. The summed E-state index contributed by atoms with van der Waals surface area (Å²) in [5, 5.41) is 30.6. The highest BCUT2D eigenvalue weighted by Gasteiger charge is 2.40. The standard InChI is InChI=1S/C29H49N5O3S.C26H47N5O4/c1-22-30-24-21-38-25(28(24)31-22)16-11-10-15-23(35)14-8-5-6-13-19-37-27(36)17-9-7-12-18-34-20-26(32-33-34)29(2,3)4;1-21-19-23(22(2)28-21)9-7-6-8-10-25(32)27-11-13-33-15-17-35-18-16-34-14-12-31-20-24(29-30-31)26(3,4)5/h20,24-25,28,30-31H,1,5-19,21H2,2-4H3;20,22-23,28H,1,6-19H2,2-5H3,(H,27,32)/t24-,25+,28-;22-,23-/m00/s1. The number of aromatic nitrogens is 6. The summed E-state index contributed by atoms with van der Waals surface area (Å²) >= 11 is 2.04. The summed E-state index contributed by atoms with van der Waals surface area (Å²) in [5.41, 5.74) is 3.16. The third-order valence-electron chi connectivity index (χ3n) is 13.6. The zero-order valence-electron chi connectivity index (χ0n) is 46.1. The zero-order chi connectivity index (χ0) is 52.9. The van der Waals surface area contributed by atoms with E-state index in [1.54, 1.807) is 4.68 Å². The number of fused-ring (bicyclic) bond motifs is 1. The molecule has 3 aliphatic heterocycles. The number of aryl methyl sites for hydroxylation is 1. The Morgan fingerprint density at radius 1 is 0.671 bits per heavy atom. The molecule has 17 nitrogen and oxygen atoms in total. The van der Waals surface area contributed by atoms with Gasteiger partial charge in [0.1, 0.15) is 5.78 Å². The van der Waals surface area contributed by atoms with Crippen LogP contribution in [0.1, 0.15) is 182 Å². The lowest BCUT2D eigenvalue weighted by molar-refractivity contribution is -0.144. The number of thioether (sulfide) groups is 1. The molecule has 18 heteroatoms. The van der Waals surface area contributed by atoms with Crippen molar-refractivity contribution >= 4 is 29.4 Å². The fourth-order valence-corrected chi connectivity index (χ4v) is 10.6. The topological polar surface area (TPSA) is 198 Å². The lowest BCUT2D eigenvalue weighted by Gasteiger charge is -2.17. The van der Waals surface area contributed by atoms with Gasteiger partial charge >= 0.3 is 5.97 Å². The number of ketones is 1. The van der Waals surface area contributed by atoms with E-state index in [-0.39, 0.29) is 22.7 Å². The quantitative estimate of drug-likeness (QED) is 0.0374. The minimum absolute atomic E-state index is 0.00301. The SMILES string of the molecule is C=C1C[C@H](CCCCCC(=O)NCCOCCOCCOCCn2cc(C(C)(C)C)nn2)[C@H](C)N1.C=C1N[C@H]2[C@H](CS[C@@H]2CCCCC(=O)CCCCCCOC(=O)CCCCCn2cc(C(C)(C)C)nn2)N1. The number of esters is 1. The van der Waals surface area contributed by atoms with Gasteiger partial charge in [-0.2, -0.15) is 11.8 Å². The van der Waals surface area contributed by atoms with Gasteiger partial charge in [0.2, 0.25) is 5.91 Å². The van der Waals surface area contributed by atoms with Crippen LogP contribution in [0.3, 0.4) is 0 Å². The minimum Gasteiger partial charge on any atom is -0.466 e. The number of nitrogens with one attached hydrogen (secondary N) is 4. The van der Waals surface area contributed by atoms with E-state index in [2.05, 4.69) is 104 Å². The van der Waals surface area contributed by atoms with Crippen LogP contribution in [0.2, 0.25) is 0 Å². The first-order valence-corrected chi connectivity index (χ1v) is 28.8. The molecule has 0 aliphatic carbocycles. The first-order valence-electron chi connectivity index (χ1n) is 27.7. The van der Waals surface area contributed by atoms with Gasteiger partial charge in [0.25, 0.3) is 0 Å². The number of nitrogens with zero attached hydrogens (tertiary/aromatic N) is 6. The maximum absolute atomic E-state index is 12.2. The van der Waals surface area contributed by atoms with Gasteiger partial charge < -0.3 is 40.2 Å². The second-order valence-corrected chi connectivity index (χ2v) is 23.5. The largest absolute Gasteiger partial charge is 0.466 e. The summed E-state index contributed by atoms with van der Waals surface area (Å²) in [6, 6.07) is 1.55.